The van der Waals surface area contributed by atoms with E-state index < -0.39 is 0 Å². The molecule has 1 N–H and O–H groups in total. The lowest BCUT2D eigenvalue weighted by atomic mass is 10.1. The van der Waals surface area contributed by atoms with E-state index >= 15 is 0 Å². The Labute approximate surface area is 80.8 Å². The van der Waals surface area contributed by atoms with Crippen LogP contribution in [0.15, 0.2) is 0 Å². The molecule has 3 heteroatoms. The topological polar surface area (TPSA) is 30.5 Å². The number of methoxy groups -OCH3 is 1. The molecule has 1 unspecified atom stereocenters. The van der Waals surface area contributed by atoms with E-state index in [1.165, 1.54) is 12.8 Å². The average Bonchev–Trinajstić information content (AvgIpc) is 2.40. The van der Waals surface area contributed by atoms with Gasteiger partial charge in [-0.15, -0.1) is 0 Å². The molecule has 1 fully saturated rings. The van der Waals surface area contributed by atoms with Crippen molar-refractivity contribution in [3.8, 4) is 0 Å². The zero-order valence-electron chi connectivity index (χ0n) is 8.93. The van der Waals surface area contributed by atoms with Gasteiger partial charge in [0.2, 0.25) is 0 Å². The predicted molar refractivity (Wildman–Crippen MR) is 52.9 cm³/mol. The van der Waals surface area contributed by atoms with E-state index in [0.717, 1.165) is 19.7 Å². The number of hydrogen-bond acceptors (Lipinski definition) is 3. The standard InChI is InChI=1S/C10H21NO2/c1-10(2)5-4-9(13-10)8-11-6-7-12-3/h9,11H,4-8H2,1-3H3. The van der Waals surface area contributed by atoms with Gasteiger partial charge in [-0.25, -0.2) is 0 Å². The second kappa shape index (κ2) is 4.94. The van der Waals surface area contributed by atoms with Crippen LogP contribution >= 0.6 is 0 Å². The van der Waals surface area contributed by atoms with Crippen LogP contribution in [0, 0.1) is 0 Å². The maximum atomic E-state index is 5.83. The van der Waals surface area contributed by atoms with Crippen LogP contribution in [-0.4, -0.2) is 38.5 Å². The molecule has 1 rings (SSSR count). The molecule has 0 aromatic rings. The Kier molecular flexibility index (Phi) is 4.16. The summed E-state index contributed by atoms with van der Waals surface area (Å²) in [6, 6.07) is 0. The Hall–Kier alpha value is -0.120. The van der Waals surface area contributed by atoms with Crippen molar-refractivity contribution in [1.29, 1.82) is 0 Å². The van der Waals surface area contributed by atoms with Gasteiger partial charge in [0.1, 0.15) is 0 Å². The van der Waals surface area contributed by atoms with Crippen molar-refractivity contribution in [3.63, 3.8) is 0 Å². The lowest BCUT2D eigenvalue weighted by Gasteiger charge is -2.19. The first-order valence-electron chi connectivity index (χ1n) is 5.01. The normalized spacial score (nSPS) is 26.5. The molecule has 78 valence electrons. The van der Waals surface area contributed by atoms with Gasteiger partial charge in [-0.1, -0.05) is 0 Å². The van der Waals surface area contributed by atoms with Crippen LogP contribution in [0.1, 0.15) is 26.7 Å². The van der Waals surface area contributed by atoms with Crippen molar-refractivity contribution in [2.75, 3.05) is 26.8 Å². The minimum Gasteiger partial charge on any atom is -0.383 e. The average molecular weight is 187 g/mol. The zero-order chi connectivity index (χ0) is 9.73. The van der Waals surface area contributed by atoms with Crippen molar-refractivity contribution in [2.24, 2.45) is 0 Å². The summed E-state index contributed by atoms with van der Waals surface area (Å²) >= 11 is 0. The van der Waals surface area contributed by atoms with Crippen molar-refractivity contribution in [3.05, 3.63) is 0 Å². The third kappa shape index (κ3) is 4.07. The van der Waals surface area contributed by atoms with Gasteiger partial charge in [-0.05, 0) is 26.7 Å². The van der Waals surface area contributed by atoms with E-state index in [1.807, 2.05) is 0 Å². The lowest BCUT2D eigenvalue weighted by Crippen LogP contribution is -2.31. The van der Waals surface area contributed by atoms with Crippen LogP contribution in [0.4, 0.5) is 0 Å². The summed E-state index contributed by atoms with van der Waals surface area (Å²) in [6.45, 7) is 6.95. The zero-order valence-corrected chi connectivity index (χ0v) is 8.93. The van der Waals surface area contributed by atoms with Gasteiger partial charge < -0.3 is 14.8 Å². The Morgan fingerprint density at radius 3 is 2.85 bits per heavy atom. The maximum absolute atomic E-state index is 5.83. The van der Waals surface area contributed by atoms with Crippen LogP contribution in [0.3, 0.4) is 0 Å². The summed E-state index contributed by atoms with van der Waals surface area (Å²) in [5.41, 5.74) is 0.0909. The van der Waals surface area contributed by atoms with Crippen LogP contribution in [0.2, 0.25) is 0 Å². The third-order valence-corrected chi connectivity index (χ3v) is 2.41. The predicted octanol–water partition coefficient (Wildman–Crippen LogP) is 1.18. The van der Waals surface area contributed by atoms with Crippen molar-refractivity contribution in [1.82, 2.24) is 5.32 Å². The summed E-state index contributed by atoms with van der Waals surface area (Å²) < 4.78 is 10.8. The molecule has 0 amide bonds. The van der Waals surface area contributed by atoms with E-state index in [4.69, 9.17) is 9.47 Å². The molecular weight excluding hydrogens is 166 g/mol. The first-order valence-corrected chi connectivity index (χ1v) is 5.01. The number of hydrogen-bond donors (Lipinski definition) is 1. The highest BCUT2D eigenvalue weighted by Crippen LogP contribution is 2.28. The van der Waals surface area contributed by atoms with Gasteiger partial charge in [0.25, 0.3) is 0 Å². The summed E-state index contributed by atoms with van der Waals surface area (Å²) in [7, 11) is 1.72. The highest BCUT2D eigenvalue weighted by Gasteiger charge is 2.30. The van der Waals surface area contributed by atoms with E-state index in [1.54, 1.807) is 7.11 Å². The van der Waals surface area contributed by atoms with E-state index in [0.29, 0.717) is 6.10 Å². The second-order valence-corrected chi connectivity index (χ2v) is 4.24. The van der Waals surface area contributed by atoms with Gasteiger partial charge in [-0.3, -0.25) is 0 Å². The summed E-state index contributed by atoms with van der Waals surface area (Å²) in [5, 5.41) is 3.32. The summed E-state index contributed by atoms with van der Waals surface area (Å²) in [5.74, 6) is 0. The van der Waals surface area contributed by atoms with Crippen molar-refractivity contribution < 1.29 is 9.47 Å². The quantitative estimate of drug-likeness (QED) is 0.656. The van der Waals surface area contributed by atoms with Crippen LogP contribution in [0.5, 0.6) is 0 Å². The Morgan fingerprint density at radius 1 is 1.54 bits per heavy atom. The first kappa shape index (κ1) is 11.0. The van der Waals surface area contributed by atoms with Crippen molar-refractivity contribution >= 4 is 0 Å². The van der Waals surface area contributed by atoms with Gasteiger partial charge >= 0.3 is 0 Å². The Balaban J connectivity index is 2.04. The fourth-order valence-corrected chi connectivity index (χ4v) is 1.66. The number of ether oxygens (including phenoxy) is 2. The molecule has 1 saturated heterocycles. The molecule has 13 heavy (non-hydrogen) atoms. The maximum Gasteiger partial charge on any atom is 0.0707 e. The largest absolute Gasteiger partial charge is 0.383 e. The lowest BCUT2D eigenvalue weighted by molar-refractivity contribution is -0.0145. The molecule has 0 bridgehead atoms. The Morgan fingerprint density at radius 2 is 2.31 bits per heavy atom. The minimum absolute atomic E-state index is 0.0909. The van der Waals surface area contributed by atoms with Gasteiger partial charge in [0, 0.05) is 20.2 Å². The van der Waals surface area contributed by atoms with E-state index in [2.05, 4.69) is 19.2 Å². The SMILES string of the molecule is COCCNCC1CCC(C)(C)O1. The van der Waals surface area contributed by atoms with Crippen molar-refractivity contribution in [2.45, 2.75) is 38.4 Å². The van der Waals surface area contributed by atoms with Crippen LogP contribution in [0.25, 0.3) is 0 Å². The monoisotopic (exact) mass is 187 g/mol. The van der Waals surface area contributed by atoms with E-state index in [9.17, 15) is 0 Å². The molecule has 0 aromatic carbocycles. The molecule has 0 radical (unpaired) electrons. The molecule has 1 aliphatic heterocycles. The molecule has 0 aromatic heterocycles. The molecule has 3 nitrogen and oxygen atoms in total. The highest BCUT2D eigenvalue weighted by molar-refractivity contribution is 4.81. The van der Waals surface area contributed by atoms with Crippen LogP contribution in [-0.2, 0) is 9.47 Å². The number of rotatable bonds is 5. The molecule has 1 aliphatic rings. The number of nitrogens with one attached hydrogen (secondary N) is 1. The van der Waals surface area contributed by atoms with E-state index in [-0.39, 0.29) is 5.60 Å². The fourth-order valence-electron chi connectivity index (χ4n) is 1.66. The molecule has 0 aliphatic carbocycles. The molecule has 1 atom stereocenters. The Bertz CT molecular complexity index is 148. The smallest absolute Gasteiger partial charge is 0.0707 e. The highest BCUT2D eigenvalue weighted by atomic mass is 16.5. The summed E-state index contributed by atoms with van der Waals surface area (Å²) in [4.78, 5) is 0. The molecule has 0 saturated carbocycles. The van der Waals surface area contributed by atoms with Gasteiger partial charge in [-0.2, -0.15) is 0 Å². The third-order valence-electron chi connectivity index (χ3n) is 2.41. The molecular formula is C10H21NO2. The molecule has 1 heterocycles. The second-order valence-electron chi connectivity index (χ2n) is 4.24. The molecule has 0 spiro atoms. The van der Waals surface area contributed by atoms with Crippen LogP contribution < -0.4 is 5.32 Å². The first-order chi connectivity index (χ1) is 6.14. The minimum atomic E-state index is 0.0909. The summed E-state index contributed by atoms with van der Waals surface area (Å²) in [6.07, 6.45) is 2.74. The van der Waals surface area contributed by atoms with Gasteiger partial charge in [0.15, 0.2) is 0 Å². The van der Waals surface area contributed by atoms with Gasteiger partial charge in [0.05, 0.1) is 18.3 Å². The fraction of sp³-hybridized carbons (Fsp3) is 1.00.